The van der Waals surface area contributed by atoms with E-state index < -0.39 is 35.7 Å². The third-order valence-electron chi connectivity index (χ3n) is 9.03. The Morgan fingerprint density at radius 3 is 2.41 bits per heavy atom. The van der Waals surface area contributed by atoms with Crippen molar-refractivity contribution in [1.29, 1.82) is 0 Å². The van der Waals surface area contributed by atoms with Crippen molar-refractivity contribution < 1.29 is 33.4 Å². The lowest BCUT2D eigenvalue weighted by Gasteiger charge is -2.39. The maximum absolute atomic E-state index is 13.3. The first-order valence-corrected chi connectivity index (χ1v) is 12.6. The fourth-order valence-electron chi connectivity index (χ4n) is 6.43. The molecule has 2 bridgehead atoms. The van der Waals surface area contributed by atoms with Crippen molar-refractivity contribution in [3.63, 3.8) is 0 Å². The Hall–Kier alpha value is -2.18. The lowest BCUT2D eigenvalue weighted by Crippen LogP contribution is -2.41. The van der Waals surface area contributed by atoms with Crippen LogP contribution in [0.4, 0.5) is 0 Å². The summed E-state index contributed by atoms with van der Waals surface area (Å²) in [5.41, 5.74) is 0.0252. The number of fused-ring (bicyclic) bond motifs is 2. The molecule has 1 saturated heterocycles. The lowest BCUT2D eigenvalue weighted by molar-refractivity contribution is -0.167. The smallest absolute Gasteiger partial charge is 0.318 e. The Balaban J connectivity index is 1.66. The minimum Gasteiger partial charge on any atom is -0.498 e. The van der Waals surface area contributed by atoms with Crippen molar-refractivity contribution in [2.75, 3.05) is 6.61 Å². The SMILES string of the molecule is C=C(CC(C)=O)OCC(C)CC1C(=O)OC(=O)C1C(CC)C(=O)OC1CC2CCC1(C)C2(C)C. The van der Waals surface area contributed by atoms with Gasteiger partial charge in [-0.15, -0.1) is 0 Å². The number of carbonyl (C=O) groups excluding carboxylic acids is 4. The molecule has 0 amide bonds. The molecule has 0 N–H and O–H groups in total. The van der Waals surface area contributed by atoms with Crippen LogP contribution in [0.3, 0.4) is 0 Å². The molecule has 1 aliphatic heterocycles. The zero-order valence-corrected chi connectivity index (χ0v) is 21.5. The minimum absolute atomic E-state index is 0.0419. The minimum atomic E-state index is -0.854. The van der Waals surface area contributed by atoms with Crippen LogP contribution in [0.5, 0.6) is 0 Å². The van der Waals surface area contributed by atoms with E-state index in [0.717, 1.165) is 19.3 Å². The Morgan fingerprint density at radius 1 is 1.21 bits per heavy atom. The topological polar surface area (TPSA) is 96.0 Å². The van der Waals surface area contributed by atoms with E-state index in [1.54, 1.807) is 0 Å². The molecule has 34 heavy (non-hydrogen) atoms. The molecule has 7 unspecified atom stereocenters. The molecule has 7 nitrogen and oxygen atoms in total. The van der Waals surface area contributed by atoms with Gasteiger partial charge < -0.3 is 14.2 Å². The van der Waals surface area contributed by atoms with Gasteiger partial charge in [0.1, 0.15) is 11.9 Å². The summed E-state index contributed by atoms with van der Waals surface area (Å²) < 4.78 is 16.6. The van der Waals surface area contributed by atoms with Crippen molar-refractivity contribution in [1.82, 2.24) is 0 Å². The Bertz CT molecular complexity index is 859. The highest BCUT2D eigenvalue weighted by Gasteiger charge is 2.63. The quantitative estimate of drug-likeness (QED) is 0.244. The molecular formula is C27H40O7. The average molecular weight is 477 g/mol. The number of esters is 3. The van der Waals surface area contributed by atoms with Gasteiger partial charge in [-0.05, 0) is 56.3 Å². The summed E-state index contributed by atoms with van der Waals surface area (Å²) in [6, 6.07) is 0. The number of ketones is 1. The Kier molecular flexibility index (Phi) is 7.63. The number of Topliss-reactive ketones (excluding diaryl/α,β-unsaturated/α-hetero) is 1. The summed E-state index contributed by atoms with van der Waals surface area (Å²) in [4.78, 5) is 49.8. The molecule has 0 aromatic rings. The summed E-state index contributed by atoms with van der Waals surface area (Å²) in [5, 5.41) is 0. The van der Waals surface area contributed by atoms with Gasteiger partial charge in [-0.1, -0.05) is 41.2 Å². The van der Waals surface area contributed by atoms with E-state index in [-0.39, 0.29) is 41.7 Å². The van der Waals surface area contributed by atoms with E-state index in [1.165, 1.54) is 6.92 Å². The standard InChI is InChI=1S/C27H40O7/c1-8-19(23(29)33-21-13-18-9-10-27(21,7)26(18,5)6)22-20(24(30)34-25(22)31)11-15(2)14-32-17(4)12-16(3)28/h15,18-22H,4,8-14H2,1-3,5-7H3. The van der Waals surface area contributed by atoms with Gasteiger partial charge in [0, 0.05) is 5.41 Å². The highest BCUT2D eigenvalue weighted by Crippen LogP contribution is 2.66. The first-order chi connectivity index (χ1) is 15.8. The fraction of sp³-hybridized carbons (Fsp3) is 0.778. The summed E-state index contributed by atoms with van der Waals surface area (Å²) in [6.07, 6.45) is 3.72. The zero-order valence-electron chi connectivity index (χ0n) is 21.5. The van der Waals surface area contributed by atoms with Crippen LogP contribution >= 0.6 is 0 Å². The molecule has 2 saturated carbocycles. The first kappa shape index (κ1) is 26.4. The van der Waals surface area contributed by atoms with Gasteiger partial charge in [-0.3, -0.25) is 19.2 Å². The van der Waals surface area contributed by atoms with E-state index in [4.69, 9.17) is 14.2 Å². The van der Waals surface area contributed by atoms with Crippen molar-refractivity contribution in [3.05, 3.63) is 12.3 Å². The maximum Gasteiger partial charge on any atom is 0.318 e. The number of rotatable bonds is 11. The number of ether oxygens (including phenoxy) is 3. The molecule has 3 rings (SSSR count). The Labute approximate surface area is 203 Å². The molecule has 190 valence electrons. The number of allylic oxidation sites excluding steroid dienone is 1. The molecule has 0 aromatic carbocycles. The fourth-order valence-corrected chi connectivity index (χ4v) is 6.43. The van der Waals surface area contributed by atoms with Crippen LogP contribution in [0, 0.1) is 40.4 Å². The van der Waals surface area contributed by atoms with Crippen LogP contribution in [-0.4, -0.2) is 36.4 Å². The van der Waals surface area contributed by atoms with Crippen LogP contribution in [0.15, 0.2) is 12.3 Å². The molecule has 0 aromatic heterocycles. The second kappa shape index (κ2) is 9.82. The van der Waals surface area contributed by atoms with E-state index in [9.17, 15) is 19.2 Å². The third kappa shape index (κ3) is 4.80. The van der Waals surface area contributed by atoms with Crippen molar-refractivity contribution in [3.8, 4) is 0 Å². The summed E-state index contributed by atoms with van der Waals surface area (Å²) in [5.74, 6) is -3.20. The van der Waals surface area contributed by atoms with Crippen molar-refractivity contribution in [2.45, 2.75) is 86.2 Å². The van der Waals surface area contributed by atoms with Crippen molar-refractivity contribution in [2.24, 2.45) is 40.4 Å². The number of cyclic esters (lactones) is 2. The van der Waals surface area contributed by atoms with Gasteiger partial charge >= 0.3 is 17.9 Å². The van der Waals surface area contributed by atoms with Gasteiger partial charge in [0.05, 0.1) is 36.5 Å². The molecular weight excluding hydrogens is 436 g/mol. The van der Waals surface area contributed by atoms with Gasteiger partial charge in [-0.25, -0.2) is 0 Å². The highest BCUT2D eigenvalue weighted by molar-refractivity contribution is 5.98. The number of carbonyl (C=O) groups is 4. The largest absolute Gasteiger partial charge is 0.498 e. The maximum atomic E-state index is 13.3. The van der Waals surface area contributed by atoms with Gasteiger partial charge in [0.25, 0.3) is 0 Å². The van der Waals surface area contributed by atoms with Crippen LogP contribution in [-0.2, 0) is 33.4 Å². The van der Waals surface area contributed by atoms with Gasteiger partial charge in [0.15, 0.2) is 0 Å². The van der Waals surface area contributed by atoms with Gasteiger partial charge in [0.2, 0.25) is 0 Å². The van der Waals surface area contributed by atoms with Crippen LogP contribution in [0.25, 0.3) is 0 Å². The molecule has 7 heteroatoms. The average Bonchev–Trinajstić information content (AvgIpc) is 3.20. The summed E-state index contributed by atoms with van der Waals surface area (Å²) in [6.45, 7) is 15.9. The first-order valence-electron chi connectivity index (χ1n) is 12.6. The second-order valence-electron chi connectivity index (χ2n) is 11.5. The zero-order chi connectivity index (χ0) is 25.4. The molecule has 7 atom stereocenters. The van der Waals surface area contributed by atoms with E-state index >= 15 is 0 Å². The summed E-state index contributed by atoms with van der Waals surface area (Å²) in [7, 11) is 0. The lowest BCUT2D eigenvalue weighted by atomic mass is 9.70. The van der Waals surface area contributed by atoms with Crippen LogP contribution in [0.1, 0.15) is 80.1 Å². The monoisotopic (exact) mass is 476 g/mol. The van der Waals surface area contributed by atoms with Crippen LogP contribution in [0.2, 0.25) is 0 Å². The Morgan fingerprint density at radius 2 is 1.88 bits per heavy atom. The predicted octanol–water partition coefficient (Wildman–Crippen LogP) is 4.62. The molecule has 0 radical (unpaired) electrons. The van der Waals surface area contributed by atoms with E-state index in [0.29, 0.717) is 24.5 Å². The molecule has 0 spiro atoms. The summed E-state index contributed by atoms with van der Waals surface area (Å²) >= 11 is 0. The number of hydrogen-bond acceptors (Lipinski definition) is 7. The number of hydrogen-bond donors (Lipinski definition) is 0. The van der Waals surface area contributed by atoms with Crippen molar-refractivity contribution >= 4 is 23.7 Å². The second-order valence-corrected chi connectivity index (χ2v) is 11.5. The molecule has 3 fully saturated rings. The molecule has 1 heterocycles. The van der Waals surface area contributed by atoms with Crippen LogP contribution < -0.4 is 0 Å². The third-order valence-corrected chi connectivity index (χ3v) is 9.03. The highest BCUT2D eigenvalue weighted by atomic mass is 16.6. The van der Waals surface area contributed by atoms with E-state index in [1.807, 2.05) is 13.8 Å². The van der Waals surface area contributed by atoms with E-state index in [2.05, 4.69) is 27.4 Å². The van der Waals surface area contributed by atoms with Gasteiger partial charge in [-0.2, -0.15) is 0 Å². The normalized spacial score (nSPS) is 33.4. The predicted molar refractivity (Wildman–Crippen MR) is 125 cm³/mol. The molecule has 2 aliphatic carbocycles. The molecule has 3 aliphatic rings.